The van der Waals surface area contributed by atoms with Crippen LogP contribution in [0.2, 0.25) is 0 Å². The van der Waals surface area contributed by atoms with Crippen LogP contribution in [0, 0.1) is 17.7 Å². The summed E-state index contributed by atoms with van der Waals surface area (Å²) in [5, 5.41) is 2.93. The van der Waals surface area contributed by atoms with Crippen LogP contribution in [0.5, 0.6) is 0 Å². The molecule has 1 aromatic rings. The zero-order valence-corrected chi connectivity index (χ0v) is 13.1. The third kappa shape index (κ3) is 4.29. The highest BCUT2D eigenvalue weighted by Crippen LogP contribution is 2.18. The molecule has 1 atom stereocenters. The maximum Gasteiger partial charge on any atom is 0.253 e. The van der Waals surface area contributed by atoms with Crippen molar-refractivity contribution in [1.29, 1.82) is 0 Å². The van der Waals surface area contributed by atoms with E-state index in [1.54, 1.807) is 4.90 Å². The first-order valence-electron chi connectivity index (χ1n) is 7.80. The third-order valence-corrected chi connectivity index (χ3v) is 3.99. The van der Waals surface area contributed by atoms with Gasteiger partial charge in [-0.2, -0.15) is 0 Å². The first-order valence-corrected chi connectivity index (χ1v) is 7.80. The number of nitrogens with zero attached hydrogens (tertiary/aromatic N) is 1. The number of carbonyl (C=O) groups is 2. The van der Waals surface area contributed by atoms with Crippen LogP contribution in [-0.4, -0.2) is 36.3 Å². The molecule has 1 saturated heterocycles. The zero-order chi connectivity index (χ0) is 16.1. The lowest BCUT2D eigenvalue weighted by Gasteiger charge is -2.33. The number of carbonyl (C=O) groups excluding carboxylic acids is 2. The van der Waals surface area contributed by atoms with E-state index in [1.165, 1.54) is 24.3 Å². The van der Waals surface area contributed by atoms with Crippen LogP contribution < -0.4 is 5.32 Å². The lowest BCUT2D eigenvalue weighted by molar-refractivity contribution is -0.124. The fourth-order valence-electron chi connectivity index (χ4n) is 2.64. The van der Waals surface area contributed by atoms with Crippen molar-refractivity contribution in [3.05, 3.63) is 35.6 Å². The maximum atomic E-state index is 12.9. The molecule has 0 aliphatic carbocycles. The highest BCUT2D eigenvalue weighted by molar-refractivity contribution is 5.94. The molecule has 120 valence electrons. The van der Waals surface area contributed by atoms with Crippen LogP contribution in [0.25, 0.3) is 0 Å². The minimum absolute atomic E-state index is 0.0273. The summed E-state index contributed by atoms with van der Waals surface area (Å²) in [6, 6.07) is 5.64. The minimum atomic E-state index is -0.343. The first kappa shape index (κ1) is 16.5. The Balaban J connectivity index is 1.91. The van der Waals surface area contributed by atoms with E-state index in [2.05, 4.69) is 5.32 Å². The molecule has 22 heavy (non-hydrogen) atoms. The van der Waals surface area contributed by atoms with Gasteiger partial charge in [0.25, 0.3) is 5.91 Å². The summed E-state index contributed by atoms with van der Waals surface area (Å²) in [4.78, 5) is 25.8. The molecule has 1 heterocycles. The number of piperidine rings is 1. The molecule has 4 nitrogen and oxygen atoms in total. The predicted molar refractivity (Wildman–Crippen MR) is 82.9 cm³/mol. The Bertz CT molecular complexity index is 528. The van der Waals surface area contributed by atoms with Gasteiger partial charge in [-0.3, -0.25) is 9.59 Å². The van der Waals surface area contributed by atoms with Crippen LogP contribution in [0.3, 0.4) is 0 Å². The molecule has 1 aromatic carbocycles. The summed E-state index contributed by atoms with van der Waals surface area (Å²) in [6.07, 6.45) is 1.93. The van der Waals surface area contributed by atoms with Gasteiger partial charge in [0.15, 0.2) is 0 Å². The Kier molecular flexibility index (Phi) is 5.52. The van der Waals surface area contributed by atoms with E-state index in [-0.39, 0.29) is 29.5 Å². The lowest BCUT2D eigenvalue weighted by Crippen LogP contribution is -2.44. The fourth-order valence-corrected chi connectivity index (χ4v) is 2.64. The number of benzene rings is 1. The Morgan fingerprint density at radius 2 is 2.00 bits per heavy atom. The van der Waals surface area contributed by atoms with Crippen molar-refractivity contribution in [1.82, 2.24) is 10.2 Å². The average molecular weight is 306 g/mol. The van der Waals surface area contributed by atoms with Gasteiger partial charge in [-0.1, -0.05) is 13.8 Å². The molecular weight excluding hydrogens is 283 g/mol. The largest absolute Gasteiger partial charge is 0.356 e. The highest BCUT2D eigenvalue weighted by Gasteiger charge is 2.25. The van der Waals surface area contributed by atoms with Gasteiger partial charge in [-0.25, -0.2) is 4.39 Å². The number of likely N-dealkylation sites (tertiary alicyclic amines) is 1. The van der Waals surface area contributed by atoms with E-state index in [0.29, 0.717) is 25.2 Å². The fraction of sp³-hybridized carbons (Fsp3) is 0.529. The van der Waals surface area contributed by atoms with Crippen molar-refractivity contribution < 1.29 is 14.0 Å². The minimum Gasteiger partial charge on any atom is -0.356 e. The summed E-state index contributed by atoms with van der Waals surface area (Å²) in [5.74, 6) is -0.118. The zero-order valence-electron chi connectivity index (χ0n) is 13.1. The lowest BCUT2D eigenvalue weighted by atomic mass is 9.97. The Morgan fingerprint density at radius 3 is 2.64 bits per heavy atom. The van der Waals surface area contributed by atoms with E-state index in [9.17, 15) is 14.0 Å². The molecule has 1 N–H and O–H groups in total. The standard InChI is InChI=1S/C17H23FN2O2/c1-12(2)16(21)19-10-13-4-3-9-20(11-13)17(22)14-5-7-15(18)8-6-14/h5-8,12-13H,3-4,9-11H2,1-2H3,(H,19,21). The number of hydrogen-bond acceptors (Lipinski definition) is 2. The van der Waals surface area contributed by atoms with E-state index in [1.807, 2.05) is 13.8 Å². The van der Waals surface area contributed by atoms with Crippen molar-refractivity contribution in [2.24, 2.45) is 11.8 Å². The molecule has 1 fully saturated rings. The predicted octanol–water partition coefficient (Wildman–Crippen LogP) is 2.45. The van der Waals surface area contributed by atoms with Crippen molar-refractivity contribution >= 4 is 11.8 Å². The second-order valence-electron chi connectivity index (χ2n) is 6.17. The van der Waals surface area contributed by atoms with Gasteiger partial charge in [0.2, 0.25) is 5.91 Å². The van der Waals surface area contributed by atoms with Crippen molar-refractivity contribution in [2.75, 3.05) is 19.6 Å². The Labute approximate surface area is 130 Å². The molecule has 2 rings (SSSR count). The molecule has 1 aliphatic rings. The van der Waals surface area contributed by atoms with Crippen LogP contribution >= 0.6 is 0 Å². The second kappa shape index (κ2) is 7.38. The van der Waals surface area contributed by atoms with Crippen LogP contribution in [0.15, 0.2) is 24.3 Å². The SMILES string of the molecule is CC(C)C(=O)NCC1CCCN(C(=O)c2ccc(F)cc2)C1. The molecule has 0 radical (unpaired) electrons. The van der Waals surface area contributed by atoms with Gasteiger partial charge in [-0.15, -0.1) is 0 Å². The van der Waals surface area contributed by atoms with E-state index >= 15 is 0 Å². The summed E-state index contributed by atoms with van der Waals surface area (Å²) in [5.41, 5.74) is 0.508. The molecule has 0 spiro atoms. The average Bonchev–Trinajstić information content (AvgIpc) is 2.52. The molecule has 5 heteroatoms. The van der Waals surface area contributed by atoms with Gasteiger partial charge in [0.1, 0.15) is 5.82 Å². The van der Waals surface area contributed by atoms with Crippen molar-refractivity contribution in [2.45, 2.75) is 26.7 Å². The quantitative estimate of drug-likeness (QED) is 0.929. The van der Waals surface area contributed by atoms with Gasteiger partial charge in [0, 0.05) is 31.1 Å². The summed E-state index contributed by atoms with van der Waals surface area (Å²) in [7, 11) is 0. The monoisotopic (exact) mass is 306 g/mol. The topological polar surface area (TPSA) is 49.4 Å². The Morgan fingerprint density at radius 1 is 1.32 bits per heavy atom. The third-order valence-electron chi connectivity index (χ3n) is 3.99. The molecule has 1 unspecified atom stereocenters. The van der Waals surface area contributed by atoms with Crippen molar-refractivity contribution in [3.63, 3.8) is 0 Å². The van der Waals surface area contributed by atoms with Gasteiger partial charge in [-0.05, 0) is 43.0 Å². The van der Waals surface area contributed by atoms with Crippen LogP contribution in [0.4, 0.5) is 4.39 Å². The summed E-state index contributed by atoms with van der Waals surface area (Å²) < 4.78 is 12.9. The normalized spacial score (nSPS) is 18.4. The van der Waals surface area contributed by atoms with E-state index < -0.39 is 0 Å². The molecule has 0 aromatic heterocycles. The van der Waals surface area contributed by atoms with Crippen LogP contribution in [0.1, 0.15) is 37.0 Å². The number of nitrogens with one attached hydrogen (secondary N) is 1. The second-order valence-corrected chi connectivity index (χ2v) is 6.17. The van der Waals surface area contributed by atoms with Gasteiger partial charge in [0.05, 0.1) is 0 Å². The highest BCUT2D eigenvalue weighted by atomic mass is 19.1. The summed E-state index contributed by atoms with van der Waals surface area (Å²) in [6.45, 7) is 5.67. The first-order chi connectivity index (χ1) is 10.5. The smallest absolute Gasteiger partial charge is 0.253 e. The molecule has 1 aliphatic heterocycles. The molecule has 0 saturated carbocycles. The van der Waals surface area contributed by atoms with E-state index in [0.717, 1.165) is 12.8 Å². The molecule has 2 amide bonds. The van der Waals surface area contributed by atoms with Crippen LogP contribution in [-0.2, 0) is 4.79 Å². The number of hydrogen-bond donors (Lipinski definition) is 1. The number of rotatable bonds is 4. The summed E-state index contributed by atoms with van der Waals surface area (Å²) >= 11 is 0. The van der Waals surface area contributed by atoms with Gasteiger partial charge < -0.3 is 10.2 Å². The molecular formula is C17H23FN2O2. The van der Waals surface area contributed by atoms with Crippen molar-refractivity contribution in [3.8, 4) is 0 Å². The number of amides is 2. The Hall–Kier alpha value is -1.91. The molecule has 0 bridgehead atoms. The van der Waals surface area contributed by atoms with E-state index in [4.69, 9.17) is 0 Å². The van der Waals surface area contributed by atoms with Gasteiger partial charge >= 0.3 is 0 Å². The maximum absolute atomic E-state index is 12.9. The number of halogens is 1.